The summed E-state index contributed by atoms with van der Waals surface area (Å²) >= 11 is 0. The largest absolute Gasteiger partial charge is 0.497 e. The summed E-state index contributed by atoms with van der Waals surface area (Å²) in [5, 5.41) is -0.242. The van der Waals surface area contributed by atoms with Crippen LogP contribution in [0.15, 0.2) is 103 Å². The Hall–Kier alpha value is -3.78. The highest BCUT2D eigenvalue weighted by Gasteiger charge is 2.57. The Kier molecular flexibility index (Phi) is 15.3. The Bertz CT molecular complexity index is 2070. The van der Waals surface area contributed by atoms with Gasteiger partial charge in [-0.3, -0.25) is 4.55 Å². The number of hydrogen-bond donors (Lipinski definition) is 1. The van der Waals surface area contributed by atoms with Gasteiger partial charge in [-0.25, -0.2) is 4.18 Å². The summed E-state index contributed by atoms with van der Waals surface area (Å²) in [6, 6.07) is 32.5. The van der Waals surface area contributed by atoms with E-state index in [4.69, 9.17) is 51.6 Å². The molecule has 3 saturated heterocycles. The van der Waals surface area contributed by atoms with Crippen molar-refractivity contribution in [2.45, 2.75) is 87.6 Å². The fourth-order valence-corrected chi connectivity index (χ4v) is 11.2. The molecule has 3 fully saturated rings. The van der Waals surface area contributed by atoms with Crippen molar-refractivity contribution in [2.24, 2.45) is 0 Å². The molecule has 0 aliphatic carbocycles. The second-order valence-corrected chi connectivity index (χ2v) is 18.9. The third-order valence-electron chi connectivity index (χ3n) is 10.8. The van der Waals surface area contributed by atoms with Gasteiger partial charge in [0.15, 0.2) is 17.3 Å². The van der Waals surface area contributed by atoms with E-state index in [9.17, 15) is 13.0 Å². The van der Waals surface area contributed by atoms with Crippen LogP contribution in [0.4, 0.5) is 0 Å². The van der Waals surface area contributed by atoms with Crippen molar-refractivity contribution in [3.63, 3.8) is 0 Å². The molecule has 0 spiro atoms. The maximum atomic E-state index is 12.6. The van der Waals surface area contributed by atoms with Crippen LogP contribution in [0, 0.1) is 0 Å². The maximum Gasteiger partial charge on any atom is 0.397 e. The number of rotatable bonds is 19. The van der Waals surface area contributed by atoms with Crippen LogP contribution < -0.4 is 14.2 Å². The molecule has 0 saturated carbocycles. The van der Waals surface area contributed by atoms with E-state index in [1.165, 1.54) is 0 Å². The Balaban J connectivity index is 1.21. The van der Waals surface area contributed by atoms with Crippen molar-refractivity contribution in [2.75, 3.05) is 46.0 Å². The number of hydrogen-bond acceptors (Lipinski definition) is 13. The highest BCUT2D eigenvalue weighted by molar-refractivity contribution is 7.97. The lowest BCUT2D eigenvalue weighted by atomic mass is 10.0. The molecule has 0 radical (unpaired) electrons. The Labute approximate surface area is 360 Å². The van der Waals surface area contributed by atoms with Gasteiger partial charge in [0.2, 0.25) is 0 Å². The average molecular weight is 884 g/mol. The van der Waals surface area contributed by atoms with Gasteiger partial charge in [-0.05, 0) is 66.9 Å². The predicted octanol–water partition coefficient (Wildman–Crippen LogP) is 6.22. The first kappa shape index (κ1) is 45.3. The van der Waals surface area contributed by atoms with Crippen LogP contribution in [0.2, 0.25) is 0 Å². The Morgan fingerprint density at radius 3 is 1.80 bits per heavy atom. The molecule has 330 valence electrons. The summed E-state index contributed by atoms with van der Waals surface area (Å²) in [6.45, 7) is 4.86. The maximum absolute atomic E-state index is 12.6. The van der Waals surface area contributed by atoms with Gasteiger partial charge in [-0.15, -0.1) is 0 Å². The highest BCUT2D eigenvalue weighted by atomic mass is 32.3. The topological polar surface area (TPSA) is 156 Å². The SMILES string of the molecule is COc1ccc(COC[C@H]2[C@H](OCc3ccc(OC)cc3)[C@@H](OCc3ccc(OC)cc3)C[S+]2C[C@@H]2OC(c3ccccc3)O[C@H]([C@H]3COC(C)(C)O3)[C@@H]2OS(=O)(=O)O)cc1. The molecule has 0 amide bonds. The van der Waals surface area contributed by atoms with E-state index in [1.54, 1.807) is 35.2 Å². The molecule has 16 heteroatoms. The molecule has 4 aromatic rings. The molecular weight excluding hydrogens is 829 g/mol. The second kappa shape index (κ2) is 20.6. The van der Waals surface area contributed by atoms with Crippen LogP contribution >= 0.6 is 0 Å². The summed E-state index contributed by atoms with van der Waals surface area (Å²) in [6.07, 6.45) is -5.72. The summed E-state index contributed by atoms with van der Waals surface area (Å²) in [5.74, 6) is 2.09. The summed E-state index contributed by atoms with van der Waals surface area (Å²) in [4.78, 5) is 0. The molecule has 7 rings (SSSR count). The number of methoxy groups -OCH3 is 3. The van der Waals surface area contributed by atoms with Crippen molar-refractivity contribution in [3.05, 3.63) is 125 Å². The third kappa shape index (κ3) is 12.2. The smallest absolute Gasteiger partial charge is 0.397 e. The molecule has 3 aliphatic rings. The van der Waals surface area contributed by atoms with Crippen LogP contribution in [0.3, 0.4) is 0 Å². The molecule has 4 aromatic carbocycles. The van der Waals surface area contributed by atoms with Crippen LogP contribution in [0.1, 0.15) is 42.4 Å². The number of ether oxygens (including phenoxy) is 10. The summed E-state index contributed by atoms with van der Waals surface area (Å²) < 4.78 is 102. The zero-order valence-corrected chi connectivity index (χ0v) is 36.6. The fraction of sp³-hybridized carbons (Fsp3) is 0.467. The Morgan fingerprint density at radius 2 is 1.28 bits per heavy atom. The van der Waals surface area contributed by atoms with Crippen LogP contribution in [0.25, 0.3) is 0 Å². The van der Waals surface area contributed by atoms with Gasteiger partial charge in [0.05, 0.1) is 54.4 Å². The minimum absolute atomic E-state index is 0.104. The minimum atomic E-state index is -4.99. The Morgan fingerprint density at radius 1 is 0.721 bits per heavy atom. The van der Waals surface area contributed by atoms with Crippen LogP contribution in [0.5, 0.6) is 17.2 Å². The lowest BCUT2D eigenvalue weighted by molar-refractivity contribution is -0.299. The lowest BCUT2D eigenvalue weighted by Gasteiger charge is -2.42. The molecule has 0 aromatic heterocycles. The quantitative estimate of drug-likeness (QED) is 0.0837. The monoisotopic (exact) mass is 883 g/mol. The second-order valence-electron chi connectivity index (χ2n) is 15.5. The van der Waals surface area contributed by atoms with E-state index in [1.807, 2.05) is 103 Å². The minimum Gasteiger partial charge on any atom is -0.497 e. The number of benzene rings is 4. The van der Waals surface area contributed by atoms with Gasteiger partial charge in [0.1, 0.15) is 65.4 Å². The normalized spacial score (nSPS) is 27.5. The molecule has 2 unspecified atom stereocenters. The van der Waals surface area contributed by atoms with Gasteiger partial charge >= 0.3 is 10.4 Å². The first-order valence-electron chi connectivity index (χ1n) is 20.1. The zero-order valence-electron chi connectivity index (χ0n) is 35.0. The van der Waals surface area contributed by atoms with Crippen molar-refractivity contribution < 1.29 is 64.5 Å². The lowest BCUT2D eigenvalue weighted by Crippen LogP contribution is -2.57. The van der Waals surface area contributed by atoms with Crippen molar-refractivity contribution in [3.8, 4) is 17.2 Å². The van der Waals surface area contributed by atoms with E-state index in [0.29, 0.717) is 31.3 Å². The first-order valence-corrected chi connectivity index (χ1v) is 23.1. The molecular formula is C45H55O14S2+. The van der Waals surface area contributed by atoms with E-state index >= 15 is 0 Å². The van der Waals surface area contributed by atoms with E-state index in [0.717, 1.165) is 39.5 Å². The average Bonchev–Trinajstić information content (AvgIpc) is 3.80. The highest BCUT2D eigenvalue weighted by Crippen LogP contribution is 2.40. The van der Waals surface area contributed by atoms with Crippen molar-refractivity contribution >= 4 is 21.3 Å². The summed E-state index contributed by atoms with van der Waals surface area (Å²) in [5.41, 5.74) is 3.59. The van der Waals surface area contributed by atoms with Gasteiger partial charge in [0, 0.05) is 16.5 Å². The molecule has 9 atom stereocenters. The van der Waals surface area contributed by atoms with Crippen LogP contribution in [-0.2, 0) is 78.5 Å². The van der Waals surface area contributed by atoms with Crippen LogP contribution in [-0.4, -0.2) is 107 Å². The molecule has 0 bridgehead atoms. The van der Waals surface area contributed by atoms with Crippen molar-refractivity contribution in [1.82, 2.24) is 0 Å². The standard InChI is InChI=1S/C45H54O14S2/c1-45(2)55-26-37(58-45)42-43(59-61(46,47)48)39(56-44(57-42)33-9-7-6-8-10-33)29-60-28-38(53-24-31-13-19-35(50-4)20-14-31)41(54-25-32-15-21-36(51-5)22-16-32)40(60)27-52-23-30-11-17-34(49-3)18-12-30/h6-22,37-44H,23-29H2,1-5H3/p+1/t37-,38+,39+,40+,41-,42-,43-,44?,60?/m1/s1. The van der Waals surface area contributed by atoms with E-state index in [2.05, 4.69) is 0 Å². The molecule has 61 heavy (non-hydrogen) atoms. The molecule has 3 aliphatic heterocycles. The fourth-order valence-electron chi connectivity index (χ4n) is 7.70. The predicted molar refractivity (Wildman–Crippen MR) is 227 cm³/mol. The molecule has 1 N–H and O–H groups in total. The van der Waals surface area contributed by atoms with Crippen molar-refractivity contribution in [1.29, 1.82) is 0 Å². The molecule has 3 heterocycles. The summed E-state index contributed by atoms with van der Waals surface area (Å²) in [7, 11) is -0.725. The van der Waals surface area contributed by atoms with E-state index < -0.39 is 70.0 Å². The first-order chi connectivity index (χ1) is 29.4. The molecule has 14 nitrogen and oxygen atoms in total. The zero-order chi connectivity index (χ0) is 43.0. The van der Waals surface area contributed by atoms with E-state index in [-0.39, 0.29) is 18.5 Å². The van der Waals surface area contributed by atoms with Gasteiger partial charge in [-0.1, -0.05) is 66.7 Å². The van der Waals surface area contributed by atoms with Gasteiger partial charge < -0.3 is 47.4 Å². The van der Waals surface area contributed by atoms with Gasteiger partial charge in [-0.2, -0.15) is 8.42 Å². The third-order valence-corrected chi connectivity index (χ3v) is 14.1. The van der Waals surface area contributed by atoms with Gasteiger partial charge in [0.25, 0.3) is 0 Å².